The molecule has 0 aliphatic heterocycles. The monoisotopic (exact) mass is 280 g/mol. The van der Waals surface area contributed by atoms with E-state index in [2.05, 4.69) is 5.32 Å². The second kappa shape index (κ2) is 7.87. The topological polar surface area (TPSA) is 95.6 Å². The molecule has 0 spiro atoms. The van der Waals surface area contributed by atoms with E-state index in [0.717, 1.165) is 5.56 Å². The Balaban J connectivity index is 2.51. The van der Waals surface area contributed by atoms with Crippen molar-refractivity contribution in [3.8, 4) is 5.75 Å². The summed E-state index contributed by atoms with van der Waals surface area (Å²) in [5, 5.41) is 21.2. The van der Waals surface area contributed by atoms with E-state index in [4.69, 9.17) is 5.73 Å². The number of hydrogen-bond donors (Lipinski definition) is 4. The molecule has 0 saturated carbocycles. The number of phenolic OH excluding ortho intramolecular Hbond substituents is 1. The minimum absolute atomic E-state index is 0.0875. The zero-order valence-electron chi connectivity index (χ0n) is 12.0. The third-order valence-corrected chi connectivity index (χ3v) is 3.05. The number of amides is 1. The number of benzene rings is 1. The summed E-state index contributed by atoms with van der Waals surface area (Å²) >= 11 is 0. The Morgan fingerprint density at radius 1 is 1.30 bits per heavy atom. The predicted molar refractivity (Wildman–Crippen MR) is 78.3 cm³/mol. The van der Waals surface area contributed by atoms with Gasteiger partial charge in [-0.3, -0.25) is 4.79 Å². The lowest BCUT2D eigenvalue weighted by atomic mass is 10.0. The highest BCUT2D eigenvalue weighted by atomic mass is 16.3. The van der Waals surface area contributed by atoms with Gasteiger partial charge in [-0.25, -0.2) is 0 Å². The lowest BCUT2D eigenvalue weighted by Gasteiger charge is -2.20. The van der Waals surface area contributed by atoms with Crippen molar-refractivity contribution in [2.24, 2.45) is 11.7 Å². The van der Waals surface area contributed by atoms with E-state index in [-0.39, 0.29) is 24.3 Å². The molecule has 5 N–H and O–H groups in total. The molecule has 1 aromatic carbocycles. The SMILES string of the molecule is CC(C)CC(CO)NC(=O)C(N)Cc1ccc(O)cc1. The Morgan fingerprint density at radius 3 is 2.40 bits per heavy atom. The number of nitrogens with one attached hydrogen (secondary N) is 1. The molecule has 1 rings (SSSR count). The number of carbonyl (C=O) groups excluding carboxylic acids is 1. The van der Waals surface area contributed by atoms with Crippen LogP contribution in [-0.4, -0.2) is 34.8 Å². The second-order valence-electron chi connectivity index (χ2n) is 5.49. The predicted octanol–water partition coefficient (Wildman–Crippen LogP) is 0.785. The highest BCUT2D eigenvalue weighted by molar-refractivity contribution is 5.82. The number of aromatic hydroxyl groups is 1. The second-order valence-corrected chi connectivity index (χ2v) is 5.49. The minimum Gasteiger partial charge on any atom is -0.508 e. The molecule has 0 saturated heterocycles. The first-order valence-electron chi connectivity index (χ1n) is 6.87. The Morgan fingerprint density at radius 2 is 1.90 bits per heavy atom. The van der Waals surface area contributed by atoms with Crippen LogP contribution in [0.25, 0.3) is 0 Å². The highest BCUT2D eigenvalue weighted by Crippen LogP contribution is 2.11. The first-order chi connectivity index (χ1) is 9.42. The average Bonchev–Trinajstić information content (AvgIpc) is 2.39. The van der Waals surface area contributed by atoms with Gasteiger partial charge in [0, 0.05) is 0 Å². The van der Waals surface area contributed by atoms with Gasteiger partial charge in [-0.1, -0.05) is 26.0 Å². The van der Waals surface area contributed by atoms with Gasteiger partial charge in [0.05, 0.1) is 18.7 Å². The summed E-state index contributed by atoms with van der Waals surface area (Å²) in [7, 11) is 0. The normalized spacial score (nSPS) is 14.1. The molecular formula is C15H24N2O3. The standard InChI is InChI=1S/C15H24N2O3/c1-10(2)7-12(9-18)17-15(20)14(16)8-11-3-5-13(19)6-4-11/h3-6,10,12,14,18-19H,7-9,16H2,1-2H3,(H,17,20). The molecule has 5 heteroatoms. The van der Waals surface area contributed by atoms with Crippen LogP contribution in [0, 0.1) is 5.92 Å². The zero-order valence-corrected chi connectivity index (χ0v) is 12.0. The fraction of sp³-hybridized carbons (Fsp3) is 0.533. The van der Waals surface area contributed by atoms with Gasteiger partial charge in [0.25, 0.3) is 0 Å². The van der Waals surface area contributed by atoms with Crippen molar-refractivity contribution in [1.29, 1.82) is 0 Å². The van der Waals surface area contributed by atoms with E-state index in [9.17, 15) is 15.0 Å². The van der Waals surface area contributed by atoms with Crippen molar-refractivity contribution >= 4 is 5.91 Å². The van der Waals surface area contributed by atoms with Crippen LogP contribution in [0.1, 0.15) is 25.8 Å². The molecule has 0 fully saturated rings. The summed E-state index contributed by atoms with van der Waals surface area (Å²) in [6.07, 6.45) is 1.11. The summed E-state index contributed by atoms with van der Waals surface area (Å²) in [6.45, 7) is 3.98. The maximum atomic E-state index is 12.0. The third-order valence-electron chi connectivity index (χ3n) is 3.05. The summed E-state index contributed by atoms with van der Waals surface area (Å²) in [5.74, 6) is 0.308. The Labute approximate surface area is 119 Å². The number of aliphatic hydroxyl groups excluding tert-OH is 1. The van der Waals surface area contributed by atoms with Crippen LogP contribution in [0.3, 0.4) is 0 Å². The zero-order chi connectivity index (χ0) is 15.1. The Bertz CT molecular complexity index is 418. The first kappa shape index (κ1) is 16.5. The molecule has 0 heterocycles. The number of hydrogen-bond acceptors (Lipinski definition) is 4. The van der Waals surface area contributed by atoms with E-state index >= 15 is 0 Å². The van der Waals surface area contributed by atoms with E-state index in [1.807, 2.05) is 13.8 Å². The van der Waals surface area contributed by atoms with Crippen LogP contribution in [-0.2, 0) is 11.2 Å². The Hall–Kier alpha value is -1.59. The maximum absolute atomic E-state index is 12.0. The van der Waals surface area contributed by atoms with Gasteiger partial charge in [0.1, 0.15) is 5.75 Å². The van der Waals surface area contributed by atoms with Crippen molar-refractivity contribution in [3.63, 3.8) is 0 Å². The lowest BCUT2D eigenvalue weighted by Crippen LogP contribution is -2.48. The molecular weight excluding hydrogens is 256 g/mol. The van der Waals surface area contributed by atoms with Crippen molar-refractivity contribution < 1.29 is 15.0 Å². The highest BCUT2D eigenvalue weighted by Gasteiger charge is 2.18. The van der Waals surface area contributed by atoms with Gasteiger partial charge < -0.3 is 21.3 Å². The van der Waals surface area contributed by atoms with Gasteiger partial charge in [-0.15, -0.1) is 0 Å². The van der Waals surface area contributed by atoms with Gasteiger partial charge in [0.15, 0.2) is 0 Å². The lowest BCUT2D eigenvalue weighted by molar-refractivity contribution is -0.123. The van der Waals surface area contributed by atoms with Crippen molar-refractivity contribution in [2.45, 2.75) is 38.8 Å². The van der Waals surface area contributed by atoms with Crippen molar-refractivity contribution in [3.05, 3.63) is 29.8 Å². The molecule has 0 radical (unpaired) electrons. The third kappa shape index (κ3) is 5.59. The molecule has 2 atom stereocenters. The molecule has 0 aromatic heterocycles. The van der Waals surface area contributed by atoms with Crippen LogP contribution < -0.4 is 11.1 Å². The number of aliphatic hydroxyl groups is 1. The molecule has 0 aliphatic rings. The van der Waals surface area contributed by atoms with Crippen LogP contribution in [0.4, 0.5) is 0 Å². The summed E-state index contributed by atoms with van der Waals surface area (Å²) in [4.78, 5) is 12.0. The maximum Gasteiger partial charge on any atom is 0.237 e. The van der Waals surface area contributed by atoms with Gasteiger partial charge in [0.2, 0.25) is 5.91 Å². The Kier molecular flexibility index (Phi) is 6.48. The van der Waals surface area contributed by atoms with Crippen LogP contribution in [0.5, 0.6) is 5.75 Å². The van der Waals surface area contributed by atoms with Crippen molar-refractivity contribution in [2.75, 3.05) is 6.61 Å². The summed E-state index contributed by atoms with van der Waals surface area (Å²) in [5.41, 5.74) is 6.75. The van der Waals surface area contributed by atoms with E-state index in [0.29, 0.717) is 18.8 Å². The van der Waals surface area contributed by atoms with Gasteiger partial charge in [-0.05, 0) is 36.5 Å². The van der Waals surface area contributed by atoms with E-state index < -0.39 is 6.04 Å². The molecule has 1 aromatic rings. The molecule has 112 valence electrons. The molecule has 1 amide bonds. The number of rotatable bonds is 7. The van der Waals surface area contributed by atoms with Crippen LogP contribution in [0.15, 0.2) is 24.3 Å². The first-order valence-corrected chi connectivity index (χ1v) is 6.87. The molecule has 0 aliphatic carbocycles. The van der Waals surface area contributed by atoms with E-state index in [1.54, 1.807) is 24.3 Å². The van der Waals surface area contributed by atoms with Gasteiger partial charge >= 0.3 is 0 Å². The number of nitrogens with two attached hydrogens (primary N) is 1. The molecule has 2 unspecified atom stereocenters. The van der Waals surface area contributed by atoms with Crippen LogP contribution >= 0.6 is 0 Å². The molecule has 20 heavy (non-hydrogen) atoms. The summed E-state index contributed by atoms with van der Waals surface area (Å²) in [6, 6.07) is 5.68. The van der Waals surface area contributed by atoms with E-state index in [1.165, 1.54) is 0 Å². The smallest absolute Gasteiger partial charge is 0.237 e. The summed E-state index contributed by atoms with van der Waals surface area (Å²) < 4.78 is 0. The average molecular weight is 280 g/mol. The fourth-order valence-corrected chi connectivity index (χ4v) is 2.04. The largest absolute Gasteiger partial charge is 0.508 e. The molecule has 0 bridgehead atoms. The minimum atomic E-state index is -0.666. The van der Waals surface area contributed by atoms with Crippen LogP contribution in [0.2, 0.25) is 0 Å². The number of phenols is 1. The fourth-order valence-electron chi connectivity index (χ4n) is 2.04. The molecule has 5 nitrogen and oxygen atoms in total. The number of carbonyl (C=O) groups is 1. The van der Waals surface area contributed by atoms with Gasteiger partial charge in [-0.2, -0.15) is 0 Å². The quantitative estimate of drug-likeness (QED) is 0.593. The van der Waals surface area contributed by atoms with Crippen molar-refractivity contribution in [1.82, 2.24) is 5.32 Å².